The lowest BCUT2D eigenvalue weighted by Crippen LogP contribution is -2.68. The highest BCUT2D eigenvalue weighted by molar-refractivity contribution is 5.21. The van der Waals surface area contributed by atoms with Crippen LogP contribution in [0.4, 0.5) is 0 Å². The maximum absolute atomic E-state index is 13.0. The highest BCUT2D eigenvalue weighted by Gasteiger charge is 2.72. The van der Waals surface area contributed by atoms with Crippen LogP contribution in [0.3, 0.4) is 0 Å². The summed E-state index contributed by atoms with van der Waals surface area (Å²) in [6, 6.07) is 0. The first-order chi connectivity index (χ1) is 41.3. The van der Waals surface area contributed by atoms with Gasteiger partial charge < -0.3 is 139 Å². The summed E-state index contributed by atoms with van der Waals surface area (Å²) in [5, 5.41) is 196. The Labute approximate surface area is 512 Å². The van der Waals surface area contributed by atoms with Gasteiger partial charge in [-0.1, -0.05) is 46.3 Å². The number of ether oxygens (including phenoxy) is 10. The SMILES string of the molecule is CC(C)=CCC[C@](C)(O[C@@H]1O[C@H](CO[C@@H]2O[C@H](CO)[C@@H](O)[C@H](O)[C@H]2O)[C@@H](O)[C@H](O)[C@H]1O)[C@H]1CC[C@]2(C)[C@@H]1[C@H](O)C[C@@H]1[C@@]3(C)CC[C@H](O[C@@H]4O[C@H](CO)[C@@H](O)[C@H](O)[C@H]4O[C@@H]4O[C@H](CO)[C@@H](O)[C@H](O)[C@H]4O[C@@H]4O[C@H](CO)[C@@H](O)[C@H](O)[C@H]4O)C(C)(C)[C@@H]3CC[C@]12C. The van der Waals surface area contributed by atoms with E-state index in [4.69, 9.17) is 47.4 Å². The summed E-state index contributed by atoms with van der Waals surface area (Å²) >= 11 is 0. The average Bonchev–Trinajstić information content (AvgIpc) is 1.24. The molecule has 88 heavy (non-hydrogen) atoms. The summed E-state index contributed by atoms with van der Waals surface area (Å²) in [4.78, 5) is 0. The molecule has 0 aromatic heterocycles. The molecule has 28 nitrogen and oxygen atoms in total. The van der Waals surface area contributed by atoms with E-state index in [1.54, 1.807) is 0 Å². The Kier molecular flexibility index (Phi) is 22.1. The topological polar surface area (TPSA) is 456 Å². The standard InChI is InChI=1S/C60H102O28/c1-24(2)10-9-14-60(8,88-53-48(78)43(73)40(70)31(84-53)23-79-51-46(76)41(71)36(66)27(19-61)80-51)25-11-16-59(7)35(25)26(65)18-33-57(5)15-13-34(56(3,4)32(57)12-17-58(33,59)6)85-54-49(44(74)38(68)29(21-63)82-54)87-55-50(45(75)39(69)30(22-64)83-55)86-52-47(77)42(72)37(67)28(20-62)81-52/h10,25-55,61-78H,9,11-23H2,1-8H3/t25-,26+,27+,28+,29+,30+,31+,32-,33+,34-,35-,36+,37+,38+,39+,40+,41-,42-,43-,44-,45-,46+,47+,48+,49+,50+,51+,52-,53-,54-,55-,57-,58+,59+,60-/m0/s1. The molecule has 5 saturated heterocycles. The molecule has 0 radical (unpaired) electrons. The van der Waals surface area contributed by atoms with Gasteiger partial charge in [-0.15, -0.1) is 0 Å². The fourth-order valence-electron chi connectivity index (χ4n) is 17.7. The molecule has 9 rings (SSSR count). The fraction of sp³-hybridized carbons (Fsp3) is 0.967. The van der Waals surface area contributed by atoms with Gasteiger partial charge >= 0.3 is 0 Å². The number of rotatable bonds is 19. The van der Waals surface area contributed by atoms with E-state index in [1.807, 2.05) is 20.8 Å². The van der Waals surface area contributed by atoms with Crippen molar-refractivity contribution in [2.45, 2.75) is 285 Å². The first kappa shape index (κ1) is 70.9. The second-order valence-corrected chi connectivity index (χ2v) is 28.6. The van der Waals surface area contributed by atoms with E-state index < -0.39 is 221 Å². The number of aliphatic hydroxyl groups excluding tert-OH is 18. The zero-order chi connectivity index (χ0) is 64.7. The summed E-state index contributed by atoms with van der Waals surface area (Å²) in [6.45, 7) is 13.3. The molecule has 5 heterocycles. The van der Waals surface area contributed by atoms with Gasteiger partial charge in [0.05, 0.1) is 50.8 Å². The predicted octanol–water partition coefficient (Wildman–Crippen LogP) is -4.38. The molecule has 0 amide bonds. The maximum Gasteiger partial charge on any atom is 0.187 e. The van der Waals surface area contributed by atoms with Gasteiger partial charge in [0.2, 0.25) is 0 Å². The van der Waals surface area contributed by atoms with Gasteiger partial charge in [-0.2, -0.15) is 0 Å². The van der Waals surface area contributed by atoms with Crippen LogP contribution in [0.2, 0.25) is 0 Å². The molecule has 4 saturated carbocycles. The van der Waals surface area contributed by atoms with Crippen molar-refractivity contribution in [2.75, 3.05) is 33.0 Å². The summed E-state index contributed by atoms with van der Waals surface area (Å²) in [5.41, 5.74) is -1.95. The number of fused-ring (bicyclic) bond motifs is 5. The van der Waals surface area contributed by atoms with Crippen molar-refractivity contribution in [3.8, 4) is 0 Å². The monoisotopic (exact) mass is 1270 g/mol. The summed E-state index contributed by atoms with van der Waals surface area (Å²) < 4.78 is 61.2. The summed E-state index contributed by atoms with van der Waals surface area (Å²) in [6.07, 6.45) is -36.5. The van der Waals surface area contributed by atoms with E-state index in [9.17, 15) is 91.9 Å². The van der Waals surface area contributed by atoms with Gasteiger partial charge in [-0.3, -0.25) is 0 Å². The molecular formula is C60H102O28. The van der Waals surface area contributed by atoms with Crippen LogP contribution in [0.25, 0.3) is 0 Å². The first-order valence-corrected chi connectivity index (χ1v) is 31.4. The Morgan fingerprint density at radius 2 is 0.920 bits per heavy atom. The van der Waals surface area contributed by atoms with Crippen molar-refractivity contribution in [1.29, 1.82) is 0 Å². The molecule has 9 aliphatic rings. The predicted molar refractivity (Wildman–Crippen MR) is 299 cm³/mol. The van der Waals surface area contributed by atoms with E-state index in [-0.39, 0.29) is 29.1 Å². The molecule has 9 fully saturated rings. The van der Waals surface area contributed by atoms with Crippen molar-refractivity contribution >= 4 is 0 Å². The Balaban J connectivity index is 0.935. The van der Waals surface area contributed by atoms with E-state index in [1.165, 1.54) is 0 Å². The number of hydrogen-bond donors (Lipinski definition) is 18. The normalized spacial score (nSPS) is 52.9. The summed E-state index contributed by atoms with van der Waals surface area (Å²) in [5.74, 6) is -0.715. The van der Waals surface area contributed by atoms with Gasteiger partial charge in [0, 0.05) is 0 Å². The van der Waals surface area contributed by atoms with Crippen LogP contribution in [0.1, 0.15) is 113 Å². The zero-order valence-corrected chi connectivity index (χ0v) is 51.5. The number of aliphatic hydroxyl groups is 18. The lowest BCUT2D eigenvalue weighted by atomic mass is 9.35. The second-order valence-electron chi connectivity index (χ2n) is 28.6. The van der Waals surface area contributed by atoms with Gasteiger partial charge in [-0.25, -0.2) is 0 Å². The van der Waals surface area contributed by atoms with Crippen LogP contribution in [0.5, 0.6) is 0 Å². The third kappa shape index (κ3) is 12.6. The number of allylic oxidation sites excluding steroid dienone is 2. The third-order valence-electron chi connectivity index (χ3n) is 23.0. The minimum atomic E-state index is -1.97. The van der Waals surface area contributed by atoms with Crippen molar-refractivity contribution < 1.29 is 139 Å². The van der Waals surface area contributed by atoms with Crippen LogP contribution < -0.4 is 0 Å². The van der Waals surface area contributed by atoms with Gasteiger partial charge in [0.15, 0.2) is 31.5 Å². The van der Waals surface area contributed by atoms with Gasteiger partial charge in [0.1, 0.15) is 122 Å². The fourth-order valence-corrected chi connectivity index (χ4v) is 17.7. The van der Waals surface area contributed by atoms with Crippen molar-refractivity contribution in [3.63, 3.8) is 0 Å². The highest BCUT2D eigenvalue weighted by atomic mass is 16.8. The lowest BCUT2D eigenvalue weighted by Gasteiger charge is -2.71. The second kappa shape index (κ2) is 27.4. The Bertz CT molecular complexity index is 2320. The molecule has 35 atom stereocenters. The largest absolute Gasteiger partial charge is 0.394 e. The maximum atomic E-state index is 13.0. The number of hydrogen-bond acceptors (Lipinski definition) is 28. The lowest BCUT2D eigenvalue weighted by molar-refractivity contribution is -0.398. The minimum absolute atomic E-state index is 0.0282. The minimum Gasteiger partial charge on any atom is -0.394 e. The van der Waals surface area contributed by atoms with Crippen LogP contribution >= 0.6 is 0 Å². The van der Waals surface area contributed by atoms with Crippen LogP contribution in [0, 0.1) is 45.3 Å². The van der Waals surface area contributed by atoms with E-state index >= 15 is 0 Å². The Hall–Kier alpha value is -1.38. The molecule has 510 valence electrons. The van der Waals surface area contributed by atoms with Crippen molar-refractivity contribution in [2.24, 2.45) is 45.3 Å². The molecule has 0 aromatic rings. The quantitative estimate of drug-likeness (QED) is 0.0429. The molecule has 0 unspecified atom stereocenters. The van der Waals surface area contributed by atoms with Crippen LogP contribution in [-0.4, -0.2) is 296 Å². The molecule has 4 aliphatic carbocycles. The van der Waals surface area contributed by atoms with Crippen LogP contribution in [0.15, 0.2) is 11.6 Å². The molecule has 28 heteroatoms. The van der Waals surface area contributed by atoms with E-state index in [0.717, 1.165) is 18.4 Å². The first-order valence-electron chi connectivity index (χ1n) is 31.4. The van der Waals surface area contributed by atoms with E-state index in [0.29, 0.717) is 44.9 Å². The average molecular weight is 1270 g/mol. The van der Waals surface area contributed by atoms with Gasteiger partial charge in [0.25, 0.3) is 0 Å². The molecule has 5 aliphatic heterocycles. The third-order valence-corrected chi connectivity index (χ3v) is 23.0. The molecular weight excluding hydrogens is 1170 g/mol. The molecule has 0 bridgehead atoms. The van der Waals surface area contributed by atoms with Crippen molar-refractivity contribution in [3.05, 3.63) is 11.6 Å². The van der Waals surface area contributed by atoms with Gasteiger partial charge in [-0.05, 0) is 124 Å². The highest BCUT2D eigenvalue weighted by Crippen LogP contribution is 2.76. The molecule has 0 spiro atoms. The molecule has 0 aromatic carbocycles. The smallest absolute Gasteiger partial charge is 0.187 e. The molecule has 18 N–H and O–H groups in total. The summed E-state index contributed by atoms with van der Waals surface area (Å²) in [7, 11) is 0. The van der Waals surface area contributed by atoms with Crippen molar-refractivity contribution in [1.82, 2.24) is 0 Å². The Morgan fingerprint density at radius 3 is 1.45 bits per heavy atom. The van der Waals surface area contributed by atoms with Crippen LogP contribution in [-0.2, 0) is 47.4 Å². The Morgan fingerprint density at radius 1 is 0.477 bits per heavy atom. The van der Waals surface area contributed by atoms with E-state index in [2.05, 4.69) is 40.7 Å². The zero-order valence-electron chi connectivity index (χ0n) is 51.5.